The minimum absolute atomic E-state index is 0.0330. The molecule has 5 nitrogen and oxygen atoms in total. The SMILES string of the molecule is CC(=O)N(C)c1ccc(NC(=O)CNCCc2ccccc2)cc1. The molecule has 2 N–H and O–H groups in total. The Bertz CT molecular complexity index is 669. The van der Waals surface area contributed by atoms with Crippen molar-refractivity contribution in [3.05, 3.63) is 60.2 Å². The summed E-state index contributed by atoms with van der Waals surface area (Å²) in [5.41, 5.74) is 2.75. The molecule has 0 aliphatic rings. The summed E-state index contributed by atoms with van der Waals surface area (Å²) in [7, 11) is 1.71. The predicted molar refractivity (Wildman–Crippen MR) is 97.2 cm³/mol. The standard InChI is InChI=1S/C19H23N3O2/c1-15(23)22(2)18-10-8-17(9-11-18)21-19(24)14-20-13-12-16-6-4-3-5-7-16/h3-11,20H,12-14H2,1-2H3,(H,21,24). The van der Waals surface area contributed by atoms with Gasteiger partial charge in [0.2, 0.25) is 11.8 Å². The number of amides is 2. The third-order valence-corrected chi connectivity index (χ3v) is 3.73. The molecule has 2 aromatic rings. The van der Waals surface area contributed by atoms with Gasteiger partial charge < -0.3 is 15.5 Å². The molecule has 0 saturated carbocycles. The van der Waals surface area contributed by atoms with E-state index in [0.29, 0.717) is 5.69 Å². The fraction of sp³-hybridized carbons (Fsp3) is 0.263. The van der Waals surface area contributed by atoms with E-state index in [1.165, 1.54) is 12.5 Å². The average Bonchev–Trinajstić information content (AvgIpc) is 2.59. The van der Waals surface area contributed by atoms with E-state index < -0.39 is 0 Å². The lowest BCUT2D eigenvalue weighted by molar-refractivity contribution is -0.116. The van der Waals surface area contributed by atoms with Gasteiger partial charge in [0, 0.05) is 25.3 Å². The number of nitrogens with zero attached hydrogens (tertiary/aromatic N) is 1. The molecule has 0 aliphatic carbocycles. The molecule has 126 valence electrons. The molecule has 2 rings (SSSR count). The molecular weight excluding hydrogens is 302 g/mol. The normalized spacial score (nSPS) is 10.2. The summed E-state index contributed by atoms with van der Waals surface area (Å²) in [5.74, 6) is -0.120. The maximum Gasteiger partial charge on any atom is 0.238 e. The van der Waals surface area contributed by atoms with Crippen molar-refractivity contribution in [2.45, 2.75) is 13.3 Å². The number of carbonyl (C=O) groups is 2. The van der Waals surface area contributed by atoms with Crippen molar-refractivity contribution >= 4 is 23.2 Å². The Morgan fingerprint density at radius 3 is 2.29 bits per heavy atom. The first-order valence-electron chi connectivity index (χ1n) is 7.95. The summed E-state index contributed by atoms with van der Waals surface area (Å²) in [6.07, 6.45) is 0.889. The van der Waals surface area contributed by atoms with Crippen LogP contribution in [0.5, 0.6) is 0 Å². The predicted octanol–water partition coefficient (Wildman–Crippen LogP) is 2.44. The van der Waals surface area contributed by atoms with Crippen LogP contribution in [-0.4, -0.2) is 32.0 Å². The van der Waals surface area contributed by atoms with Gasteiger partial charge in [-0.15, -0.1) is 0 Å². The monoisotopic (exact) mass is 325 g/mol. The highest BCUT2D eigenvalue weighted by Gasteiger charge is 2.06. The molecule has 0 radical (unpaired) electrons. The molecule has 0 heterocycles. The van der Waals surface area contributed by atoms with Crippen molar-refractivity contribution in [2.75, 3.05) is 30.4 Å². The van der Waals surface area contributed by atoms with E-state index in [9.17, 15) is 9.59 Å². The van der Waals surface area contributed by atoms with Crippen LogP contribution in [0, 0.1) is 0 Å². The van der Waals surface area contributed by atoms with E-state index in [0.717, 1.165) is 18.7 Å². The van der Waals surface area contributed by atoms with Gasteiger partial charge in [0.15, 0.2) is 0 Å². The van der Waals surface area contributed by atoms with E-state index >= 15 is 0 Å². The van der Waals surface area contributed by atoms with Gasteiger partial charge in [-0.25, -0.2) is 0 Å². The summed E-state index contributed by atoms with van der Waals surface area (Å²) < 4.78 is 0. The Hall–Kier alpha value is -2.66. The minimum Gasteiger partial charge on any atom is -0.325 e. The second kappa shape index (κ2) is 8.84. The lowest BCUT2D eigenvalue weighted by Gasteiger charge is -2.15. The van der Waals surface area contributed by atoms with Crippen LogP contribution in [0.15, 0.2) is 54.6 Å². The summed E-state index contributed by atoms with van der Waals surface area (Å²) in [5, 5.41) is 5.96. The number of anilines is 2. The van der Waals surface area contributed by atoms with Gasteiger partial charge in [-0.1, -0.05) is 30.3 Å². The molecule has 0 saturated heterocycles. The summed E-state index contributed by atoms with van der Waals surface area (Å²) in [4.78, 5) is 24.8. The van der Waals surface area contributed by atoms with Crippen LogP contribution in [0.1, 0.15) is 12.5 Å². The molecule has 2 amide bonds. The van der Waals surface area contributed by atoms with Gasteiger partial charge >= 0.3 is 0 Å². The molecule has 2 aromatic carbocycles. The Balaban J connectivity index is 1.73. The number of hydrogen-bond acceptors (Lipinski definition) is 3. The fourth-order valence-electron chi connectivity index (χ4n) is 2.23. The Morgan fingerprint density at radius 2 is 1.67 bits per heavy atom. The summed E-state index contributed by atoms with van der Waals surface area (Å²) in [6, 6.07) is 17.3. The molecule has 24 heavy (non-hydrogen) atoms. The Morgan fingerprint density at radius 1 is 1.00 bits per heavy atom. The highest BCUT2D eigenvalue weighted by atomic mass is 16.2. The van der Waals surface area contributed by atoms with Gasteiger partial charge in [-0.05, 0) is 42.8 Å². The fourth-order valence-corrected chi connectivity index (χ4v) is 2.23. The van der Waals surface area contributed by atoms with Crippen LogP contribution in [0.3, 0.4) is 0 Å². The number of rotatable bonds is 7. The Labute approximate surface area is 142 Å². The van der Waals surface area contributed by atoms with Crippen molar-refractivity contribution in [3.8, 4) is 0 Å². The molecule has 0 spiro atoms. The molecule has 0 fully saturated rings. The molecule has 0 atom stereocenters. The van der Waals surface area contributed by atoms with Crippen molar-refractivity contribution in [1.29, 1.82) is 0 Å². The zero-order chi connectivity index (χ0) is 17.4. The number of nitrogens with one attached hydrogen (secondary N) is 2. The molecule has 0 bridgehead atoms. The lowest BCUT2D eigenvalue weighted by atomic mass is 10.1. The van der Waals surface area contributed by atoms with E-state index in [2.05, 4.69) is 22.8 Å². The lowest BCUT2D eigenvalue weighted by Crippen LogP contribution is -2.29. The van der Waals surface area contributed by atoms with Gasteiger partial charge in [0.25, 0.3) is 0 Å². The van der Waals surface area contributed by atoms with E-state index in [1.807, 2.05) is 18.2 Å². The zero-order valence-corrected chi connectivity index (χ0v) is 14.1. The van der Waals surface area contributed by atoms with Gasteiger partial charge in [0.1, 0.15) is 0 Å². The van der Waals surface area contributed by atoms with Gasteiger partial charge in [0.05, 0.1) is 6.54 Å². The van der Waals surface area contributed by atoms with Crippen LogP contribution in [0.25, 0.3) is 0 Å². The smallest absolute Gasteiger partial charge is 0.238 e. The van der Waals surface area contributed by atoms with Crippen LogP contribution >= 0.6 is 0 Å². The largest absolute Gasteiger partial charge is 0.325 e. The first-order valence-corrected chi connectivity index (χ1v) is 7.95. The van der Waals surface area contributed by atoms with Crippen molar-refractivity contribution in [3.63, 3.8) is 0 Å². The minimum atomic E-state index is -0.0873. The maximum atomic E-state index is 11.9. The average molecular weight is 325 g/mol. The first kappa shape index (κ1) is 17.7. The third-order valence-electron chi connectivity index (χ3n) is 3.73. The van der Waals surface area contributed by atoms with Crippen LogP contribution < -0.4 is 15.5 Å². The summed E-state index contributed by atoms with van der Waals surface area (Å²) in [6.45, 7) is 2.53. The maximum absolute atomic E-state index is 11.9. The highest BCUT2D eigenvalue weighted by molar-refractivity contribution is 5.93. The van der Waals surface area contributed by atoms with E-state index in [1.54, 1.807) is 36.2 Å². The quantitative estimate of drug-likeness (QED) is 0.769. The number of carbonyl (C=O) groups excluding carboxylic acids is 2. The van der Waals surface area contributed by atoms with Crippen LogP contribution in [0.4, 0.5) is 11.4 Å². The summed E-state index contributed by atoms with van der Waals surface area (Å²) >= 11 is 0. The molecule has 0 unspecified atom stereocenters. The first-order chi connectivity index (χ1) is 11.6. The Kier molecular flexibility index (Phi) is 6.51. The van der Waals surface area contributed by atoms with Crippen molar-refractivity contribution in [2.24, 2.45) is 0 Å². The second-order valence-corrected chi connectivity index (χ2v) is 5.59. The molecule has 0 aliphatic heterocycles. The van der Waals surface area contributed by atoms with Gasteiger partial charge in [-0.3, -0.25) is 9.59 Å². The second-order valence-electron chi connectivity index (χ2n) is 5.59. The topological polar surface area (TPSA) is 61.4 Å². The molecule has 0 aromatic heterocycles. The zero-order valence-electron chi connectivity index (χ0n) is 14.1. The van der Waals surface area contributed by atoms with Crippen molar-refractivity contribution in [1.82, 2.24) is 5.32 Å². The van der Waals surface area contributed by atoms with Crippen molar-refractivity contribution < 1.29 is 9.59 Å². The van der Waals surface area contributed by atoms with E-state index in [4.69, 9.17) is 0 Å². The van der Waals surface area contributed by atoms with Crippen LogP contribution in [0.2, 0.25) is 0 Å². The number of benzene rings is 2. The third kappa shape index (κ3) is 5.52. The van der Waals surface area contributed by atoms with E-state index in [-0.39, 0.29) is 18.4 Å². The molecule has 5 heteroatoms. The highest BCUT2D eigenvalue weighted by Crippen LogP contribution is 2.16. The van der Waals surface area contributed by atoms with Crippen LogP contribution in [-0.2, 0) is 16.0 Å². The molecular formula is C19H23N3O2. The number of hydrogen-bond donors (Lipinski definition) is 2. The van der Waals surface area contributed by atoms with Gasteiger partial charge in [-0.2, -0.15) is 0 Å².